The van der Waals surface area contributed by atoms with E-state index >= 15 is 0 Å². The Morgan fingerprint density at radius 2 is 2.44 bits per heavy atom. The Hall–Kier alpha value is -1.46. The highest BCUT2D eigenvalue weighted by atomic mass is 19.1. The molecule has 1 unspecified atom stereocenters. The molecule has 0 saturated carbocycles. The number of primary amides is 1. The lowest BCUT2D eigenvalue weighted by Gasteiger charge is -2.15. The summed E-state index contributed by atoms with van der Waals surface area (Å²) in [6, 6.07) is 6.42. The molecule has 1 aromatic rings. The zero-order valence-corrected chi connectivity index (χ0v) is 8.82. The van der Waals surface area contributed by atoms with E-state index in [4.69, 9.17) is 5.73 Å². The molecule has 1 aromatic carbocycles. The second-order valence-corrected chi connectivity index (χ2v) is 3.97. The third-order valence-electron chi connectivity index (χ3n) is 2.67. The van der Waals surface area contributed by atoms with Gasteiger partial charge in [0.05, 0.1) is 5.92 Å². The van der Waals surface area contributed by atoms with Crippen LogP contribution in [0.2, 0.25) is 0 Å². The average molecular weight is 223 g/mol. The van der Waals surface area contributed by atoms with Crippen LogP contribution < -0.4 is 11.2 Å². The number of hydrazine groups is 1. The van der Waals surface area contributed by atoms with E-state index in [1.165, 1.54) is 12.1 Å². The van der Waals surface area contributed by atoms with Gasteiger partial charge in [-0.05, 0) is 17.7 Å². The Balaban J connectivity index is 1.94. The summed E-state index contributed by atoms with van der Waals surface area (Å²) in [4.78, 5) is 10.9. The number of halogens is 1. The summed E-state index contributed by atoms with van der Waals surface area (Å²) in [7, 11) is 0. The van der Waals surface area contributed by atoms with Crippen LogP contribution in [0.4, 0.5) is 4.39 Å². The number of hydrogen-bond donors (Lipinski definition) is 2. The predicted molar refractivity (Wildman–Crippen MR) is 57.5 cm³/mol. The molecule has 1 heterocycles. The molecule has 1 aliphatic rings. The van der Waals surface area contributed by atoms with Crippen molar-refractivity contribution in [1.82, 2.24) is 10.4 Å². The fourth-order valence-electron chi connectivity index (χ4n) is 1.80. The minimum atomic E-state index is -0.297. The van der Waals surface area contributed by atoms with Crippen LogP contribution in [-0.4, -0.2) is 24.0 Å². The van der Waals surface area contributed by atoms with E-state index in [9.17, 15) is 9.18 Å². The van der Waals surface area contributed by atoms with Crippen molar-refractivity contribution < 1.29 is 9.18 Å². The molecule has 0 aromatic heterocycles. The zero-order valence-electron chi connectivity index (χ0n) is 8.82. The molecule has 1 saturated heterocycles. The van der Waals surface area contributed by atoms with Gasteiger partial charge in [0.15, 0.2) is 0 Å². The lowest BCUT2D eigenvalue weighted by atomic mass is 10.1. The Morgan fingerprint density at radius 1 is 1.62 bits per heavy atom. The number of benzene rings is 1. The number of nitrogens with zero attached hydrogens (tertiary/aromatic N) is 1. The van der Waals surface area contributed by atoms with Crippen LogP contribution in [0, 0.1) is 11.7 Å². The highest BCUT2D eigenvalue weighted by Gasteiger charge is 2.25. The first-order valence-corrected chi connectivity index (χ1v) is 5.17. The number of carbonyl (C=O) groups is 1. The molecule has 3 N–H and O–H groups in total. The normalized spacial score (nSPS) is 21.2. The summed E-state index contributed by atoms with van der Waals surface area (Å²) in [5.74, 6) is -0.703. The van der Waals surface area contributed by atoms with Gasteiger partial charge in [0.1, 0.15) is 5.82 Å². The van der Waals surface area contributed by atoms with Crippen LogP contribution in [-0.2, 0) is 11.3 Å². The Labute approximate surface area is 93.2 Å². The van der Waals surface area contributed by atoms with Crippen LogP contribution in [0.15, 0.2) is 24.3 Å². The summed E-state index contributed by atoms with van der Waals surface area (Å²) in [6.07, 6.45) is 0. The van der Waals surface area contributed by atoms with Gasteiger partial charge in [0.25, 0.3) is 0 Å². The number of nitrogens with one attached hydrogen (secondary N) is 1. The smallest absolute Gasteiger partial charge is 0.223 e. The van der Waals surface area contributed by atoms with E-state index in [0.29, 0.717) is 19.6 Å². The number of rotatable bonds is 3. The zero-order chi connectivity index (χ0) is 11.5. The average Bonchev–Trinajstić information content (AvgIpc) is 2.66. The molecule has 0 spiro atoms. The number of hydrogen-bond acceptors (Lipinski definition) is 3. The van der Waals surface area contributed by atoms with Crippen molar-refractivity contribution in [2.75, 3.05) is 13.1 Å². The highest BCUT2D eigenvalue weighted by Crippen LogP contribution is 2.11. The van der Waals surface area contributed by atoms with Gasteiger partial charge < -0.3 is 5.73 Å². The number of nitrogens with two attached hydrogens (primary N) is 1. The van der Waals surface area contributed by atoms with Crippen molar-refractivity contribution >= 4 is 5.91 Å². The molecule has 5 heteroatoms. The van der Waals surface area contributed by atoms with Crippen molar-refractivity contribution in [2.45, 2.75) is 6.54 Å². The van der Waals surface area contributed by atoms with Gasteiger partial charge in [-0.2, -0.15) is 0 Å². The fraction of sp³-hybridized carbons (Fsp3) is 0.364. The van der Waals surface area contributed by atoms with E-state index in [-0.39, 0.29) is 17.6 Å². The SMILES string of the molecule is NC(=O)C1CNN(Cc2cccc(F)c2)C1. The molecule has 2 rings (SSSR count). The molecule has 0 bridgehead atoms. The molecule has 1 aliphatic heterocycles. The first-order valence-electron chi connectivity index (χ1n) is 5.17. The minimum absolute atomic E-state index is 0.159. The summed E-state index contributed by atoms with van der Waals surface area (Å²) < 4.78 is 12.9. The predicted octanol–water partition coefficient (Wildman–Crippen LogP) is 0.247. The van der Waals surface area contributed by atoms with Crippen molar-refractivity contribution in [2.24, 2.45) is 11.7 Å². The van der Waals surface area contributed by atoms with Gasteiger partial charge >= 0.3 is 0 Å². The Bertz CT molecular complexity index is 397. The second kappa shape index (κ2) is 4.59. The van der Waals surface area contributed by atoms with Crippen LogP contribution in [0.5, 0.6) is 0 Å². The molecule has 86 valence electrons. The van der Waals surface area contributed by atoms with Crippen molar-refractivity contribution in [1.29, 1.82) is 0 Å². The highest BCUT2D eigenvalue weighted by molar-refractivity contribution is 5.77. The quantitative estimate of drug-likeness (QED) is 0.772. The van der Waals surface area contributed by atoms with Crippen molar-refractivity contribution in [3.05, 3.63) is 35.6 Å². The molecule has 1 atom stereocenters. The molecule has 1 amide bonds. The lowest BCUT2D eigenvalue weighted by molar-refractivity contribution is -0.121. The van der Waals surface area contributed by atoms with Gasteiger partial charge in [-0.15, -0.1) is 0 Å². The van der Waals surface area contributed by atoms with E-state index in [1.54, 1.807) is 6.07 Å². The third-order valence-corrected chi connectivity index (χ3v) is 2.67. The van der Waals surface area contributed by atoms with E-state index < -0.39 is 0 Å². The summed E-state index contributed by atoms with van der Waals surface area (Å²) in [5.41, 5.74) is 9.15. The Morgan fingerprint density at radius 3 is 3.06 bits per heavy atom. The topological polar surface area (TPSA) is 58.4 Å². The van der Waals surface area contributed by atoms with Crippen LogP contribution in [0.3, 0.4) is 0 Å². The largest absolute Gasteiger partial charge is 0.369 e. The maximum atomic E-state index is 12.9. The summed E-state index contributed by atoms with van der Waals surface area (Å²) in [5, 5.41) is 1.88. The molecule has 4 nitrogen and oxygen atoms in total. The number of carbonyl (C=O) groups excluding carboxylic acids is 1. The first-order chi connectivity index (χ1) is 7.65. The lowest BCUT2D eigenvalue weighted by Crippen LogP contribution is -2.30. The van der Waals surface area contributed by atoms with Crippen LogP contribution in [0.25, 0.3) is 0 Å². The fourth-order valence-corrected chi connectivity index (χ4v) is 1.80. The van der Waals surface area contributed by atoms with Crippen LogP contribution >= 0.6 is 0 Å². The summed E-state index contributed by atoms with van der Waals surface area (Å²) >= 11 is 0. The standard InChI is InChI=1S/C11H14FN3O/c12-10-3-1-2-8(4-10)6-15-7-9(5-14-15)11(13)16/h1-4,9,14H,5-7H2,(H2,13,16). The maximum absolute atomic E-state index is 12.9. The first kappa shape index (κ1) is 11.0. The van der Waals surface area contributed by atoms with E-state index in [2.05, 4.69) is 5.43 Å². The molecular weight excluding hydrogens is 209 g/mol. The van der Waals surface area contributed by atoms with Gasteiger partial charge in [-0.25, -0.2) is 9.40 Å². The van der Waals surface area contributed by atoms with E-state index in [1.807, 2.05) is 11.1 Å². The summed E-state index contributed by atoms with van der Waals surface area (Å²) in [6.45, 7) is 1.71. The van der Waals surface area contributed by atoms with Gasteiger partial charge in [0.2, 0.25) is 5.91 Å². The van der Waals surface area contributed by atoms with Gasteiger partial charge in [0, 0.05) is 19.6 Å². The van der Waals surface area contributed by atoms with E-state index in [0.717, 1.165) is 5.56 Å². The van der Waals surface area contributed by atoms with Gasteiger partial charge in [-0.3, -0.25) is 10.2 Å². The minimum Gasteiger partial charge on any atom is -0.369 e. The van der Waals surface area contributed by atoms with Crippen LogP contribution in [0.1, 0.15) is 5.56 Å². The van der Waals surface area contributed by atoms with Crippen molar-refractivity contribution in [3.8, 4) is 0 Å². The number of amides is 1. The molecular formula is C11H14FN3O. The second-order valence-electron chi connectivity index (χ2n) is 3.97. The Kier molecular flexibility index (Phi) is 3.17. The molecule has 0 radical (unpaired) electrons. The molecule has 0 aliphatic carbocycles. The van der Waals surface area contributed by atoms with Gasteiger partial charge in [-0.1, -0.05) is 12.1 Å². The molecule has 16 heavy (non-hydrogen) atoms. The van der Waals surface area contributed by atoms with Crippen molar-refractivity contribution in [3.63, 3.8) is 0 Å². The monoisotopic (exact) mass is 223 g/mol. The molecule has 1 fully saturated rings. The maximum Gasteiger partial charge on any atom is 0.223 e. The third kappa shape index (κ3) is 2.56.